The molecule has 0 bridgehead atoms. The lowest BCUT2D eigenvalue weighted by Gasteiger charge is -2.27. The van der Waals surface area contributed by atoms with Gasteiger partial charge in [-0.15, -0.1) is 0 Å². The first kappa shape index (κ1) is 20.0. The second kappa shape index (κ2) is 8.93. The third kappa shape index (κ3) is 4.73. The summed E-state index contributed by atoms with van der Waals surface area (Å²) < 4.78 is 7.27. The lowest BCUT2D eigenvalue weighted by atomic mass is 10.1. The monoisotopic (exact) mass is 397 g/mol. The first-order valence-corrected chi connectivity index (χ1v) is 9.55. The molecule has 0 aliphatic carbocycles. The normalized spacial score (nSPS) is 10.9. The highest BCUT2D eigenvalue weighted by Crippen LogP contribution is 2.17. The van der Waals surface area contributed by atoms with Gasteiger partial charge >= 0.3 is 0 Å². The average Bonchev–Trinajstić information content (AvgIpc) is 3.13. The minimum absolute atomic E-state index is 0.0364. The zero-order chi connectivity index (χ0) is 20.1. The molecule has 0 spiro atoms. The van der Waals surface area contributed by atoms with E-state index in [1.54, 1.807) is 37.6 Å². The van der Waals surface area contributed by atoms with Crippen molar-refractivity contribution in [2.45, 2.75) is 33.0 Å². The fourth-order valence-electron chi connectivity index (χ4n) is 2.96. The summed E-state index contributed by atoms with van der Waals surface area (Å²) in [6, 6.07) is 15.0. The number of imidazole rings is 1. The van der Waals surface area contributed by atoms with E-state index in [2.05, 4.69) is 9.55 Å². The Morgan fingerprint density at radius 2 is 1.82 bits per heavy atom. The Hall–Kier alpha value is -2.79. The maximum atomic E-state index is 13.0. The Kier molecular flexibility index (Phi) is 6.37. The van der Waals surface area contributed by atoms with Gasteiger partial charge in [-0.2, -0.15) is 0 Å². The standard InChI is InChI=1S/C22H24ClN3O2/c1-16(2)26(22(27)18-6-8-19(23)9-7-18)15-21-24-12-13-25(21)14-17-4-10-20(28-3)11-5-17/h4-13,16H,14-15H2,1-3H3. The van der Waals surface area contributed by atoms with Crippen LogP contribution in [0, 0.1) is 0 Å². The van der Waals surface area contributed by atoms with Gasteiger partial charge in [0.2, 0.25) is 0 Å². The average molecular weight is 398 g/mol. The van der Waals surface area contributed by atoms with E-state index in [0.29, 0.717) is 23.7 Å². The van der Waals surface area contributed by atoms with Gasteiger partial charge in [0.05, 0.1) is 13.7 Å². The molecule has 0 saturated heterocycles. The van der Waals surface area contributed by atoms with E-state index in [9.17, 15) is 4.79 Å². The Morgan fingerprint density at radius 3 is 2.43 bits per heavy atom. The molecular formula is C22H24ClN3O2. The van der Waals surface area contributed by atoms with E-state index in [1.807, 2.05) is 49.2 Å². The topological polar surface area (TPSA) is 47.4 Å². The molecule has 0 fully saturated rings. The van der Waals surface area contributed by atoms with Crippen LogP contribution in [0.5, 0.6) is 5.75 Å². The number of carbonyl (C=O) groups is 1. The molecule has 0 radical (unpaired) electrons. The summed E-state index contributed by atoms with van der Waals surface area (Å²) in [7, 11) is 1.65. The molecule has 0 N–H and O–H groups in total. The van der Waals surface area contributed by atoms with Crippen molar-refractivity contribution in [2.24, 2.45) is 0 Å². The third-order valence-corrected chi connectivity index (χ3v) is 4.85. The number of ether oxygens (including phenoxy) is 1. The first-order valence-electron chi connectivity index (χ1n) is 9.17. The molecule has 0 unspecified atom stereocenters. The van der Waals surface area contributed by atoms with E-state index < -0.39 is 0 Å². The Balaban J connectivity index is 1.78. The quantitative estimate of drug-likeness (QED) is 0.583. The van der Waals surface area contributed by atoms with Crippen LogP contribution in [-0.4, -0.2) is 33.5 Å². The molecule has 1 heterocycles. The number of amides is 1. The molecule has 0 aliphatic heterocycles. The van der Waals surface area contributed by atoms with Gasteiger partial charge in [0.25, 0.3) is 5.91 Å². The number of rotatable bonds is 7. The maximum Gasteiger partial charge on any atom is 0.254 e. The van der Waals surface area contributed by atoms with Crippen molar-refractivity contribution in [3.05, 3.63) is 82.9 Å². The highest BCUT2D eigenvalue weighted by atomic mass is 35.5. The zero-order valence-electron chi connectivity index (χ0n) is 16.3. The Morgan fingerprint density at radius 1 is 1.14 bits per heavy atom. The van der Waals surface area contributed by atoms with Crippen LogP contribution < -0.4 is 4.74 Å². The van der Waals surface area contributed by atoms with Crippen LogP contribution in [0.4, 0.5) is 0 Å². The number of methoxy groups -OCH3 is 1. The van der Waals surface area contributed by atoms with Gasteiger partial charge in [-0.1, -0.05) is 23.7 Å². The van der Waals surface area contributed by atoms with Gasteiger partial charge in [0, 0.05) is 35.6 Å². The van der Waals surface area contributed by atoms with Gasteiger partial charge < -0.3 is 14.2 Å². The largest absolute Gasteiger partial charge is 0.497 e. The van der Waals surface area contributed by atoms with Crippen LogP contribution in [-0.2, 0) is 13.1 Å². The number of benzene rings is 2. The molecule has 3 aromatic rings. The fourth-order valence-corrected chi connectivity index (χ4v) is 3.09. The smallest absolute Gasteiger partial charge is 0.254 e. The lowest BCUT2D eigenvalue weighted by Crippen LogP contribution is -2.37. The van der Waals surface area contributed by atoms with E-state index in [0.717, 1.165) is 17.1 Å². The highest BCUT2D eigenvalue weighted by molar-refractivity contribution is 6.30. The number of halogens is 1. The summed E-state index contributed by atoms with van der Waals surface area (Å²) in [5, 5.41) is 0.614. The van der Waals surface area contributed by atoms with E-state index in [1.165, 1.54) is 0 Å². The van der Waals surface area contributed by atoms with Crippen molar-refractivity contribution in [3.8, 4) is 5.75 Å². The fraction of sp³-hybridized carbons (Fsp3) is 0.273. The molecule has 0 aliphatic rings. The highest BCUT2D eigenvalue weighted by Gasteiger charge is 2.21. The first-order chi connectivity index (χ1) is 13.5. The number of carbonyl (C=O) groups excluding carboxylic acids is 1. The Bertz CT molecular complexity index is 918. The second-order valence-corrected chi connectivity index (χ2v) is 7.29. The van der Waals surface area contributed by atoms with Gasteiger partial charge in [-0.05, 0) is 55.8 Å². The summed E-state index contributed by atoms with van der Waals surface area (Å²) in [5.74, 6) is 1.63. The molecular weight excluding hydrogens is 374 g/mol. The summed E-state index contributed by atoms with van der Waals surface area (Å²) >= 11 is 5.94. The van der Waals surface area contributed by atoms with Crippen molar-refractivity contribution >= 4 is 17.5 Å². The molecule has 0 atom stereocenters. The van der Waals surface area contributed by atoms with Crippen LogP contribution >= 0.6 is 11.6 Å². The van der Waals surface area contributed by atoms with Crippen molar-refractivity contribution in [3.63, 3.8) is 0 Å². The molecule has 146 valence electrons. The van der Waals surface area contributed by atoms with Gasteiger partial charge in [0.15, 0.2) is 0 Å². The molecule has 0 saturated carbocycles. The Labute approximate surface area is 170 Å². The van der Waals surface area contributed by atoms with E-state index >= 15 is 0 Å². The van der Waals surface area contributed by atoms with Gasteiger partial charge in [-0.25, -0.2) is 4.98 Å². The number of aromatic nitrogens is 2. The second-order valence-electron chi connectivity index (χ2n) is 6.85. The molecule has 5 nitrogen and oxygen atoms in total. The van der Waals surface area contributed by atoms with Crippen LogP contribution in [0.1, 0.15) is 35.6 Å². The van der Waals surface area contributed by atoms with Crippen molar-refractivity contribution in [1.82, 2.24) is 14.5 Å². The summed E-state index contributed by atoms with van der Waals surface area (Å²) in [6.45, 7) is 5.12. The number of hydrogen-bond donors (Lipinski definition) is 0. The predicted molar refractivity (Wildman–Crippen MR) is 111 cm³/mol. The summed E-state index contributed by atoms with van der Waals surface area (Å²) in [4.78, 5) is 19.3. The minimum atomic E-state index is -0.0364. The van der Waals surface area contributed by atoms with E-state index in [-0.39, 0.29) is 11.9 Å². The predicted octanol–water partition coefficient (Wildman–Crippen LogP) is 4.64. The summed E-state index contributed by atoms with van der Waals surface area (Å²) in [6.07, 6.45) is 3.70. The van der Waals surface area contributed by atoms with Crippen molar-refractivity contribution < 1.29 is 9.53 Å². The maximum absolute atomic E-state index is 13.0. The number of hydrogen-bond acceptors (Lipinski definition) is 3. The number of nitrogens with zero attached hydrogens (tertiary/aromatic N) is 3. The molecule has 1 amide bonds. The summed E-state index contributed by atoms with van der Waals surface area (Å²) in [5.41, 5.74) is 1.76. The molecule has 3 rings (SSSR count). The van der Waals surface area contributed by atoms with Crippen LogP contribution in [0.25, 0.3) is 0 Å². The molecule has 2 aromatic carbocycles. The SMILES string of the molecule is COc1ccc(Cn2ccnc2CN(C(=O)c2ccc(Cl)cc2)C(C)C)cc1. The van der Waals surface area contributed by atoms with Crippen LogP contribution in [0.15, 0.2) is 60.9 Å². The third-order valence-electron chi connectivity index (χ3n) is 4.60. The van der Waals surface area contributed by atoms with Crippen LogP contribution in [0.2, 0.25) is 5.02 Å². The molecule has 1 aromatic heterocycles. The van der Waals surface area contributed by atoms with E-state index in [4.69, 9.17) is 16.3 Å². The van der Waals surface area contributed by atoms with Crippen LogP contribution in [0.3, 0.4) is 0 Å². The molecule has 28 heavy (non-hydrogen) atoms. The van der Waals surface area contributed by atoms with Gasteiger partial charge in [0.1, 0.15) is 11.6 Å². The zero-order valence-corrected chi connectivity index (χ0v) is 17.1. The minimum Gasteiger partial charge on any atom is -0.497 e. The van der Waals surface area contributed by atoms with Gasteiger partial charge in [-0.3, -0.25) is 4.79 Å². The molecule has 6 heteroatoms. The van der Waals surface area contributed by atoms with Crippen molar-refractivity contribution in [2.75, 3.05) is 7.11 Å². The lowest BCUT2D eigenvalue weighted by molar-refractivity contribution is 0.0683. The van der Waals surface area contributed by atoms with Crippen molar-refractivity contribution in [1.29, 1.82) is 0 Å².